The second-order valence-electron chi connectivity index (χ2n) is 8.24. The SMILES string of the molecule is CCNC(=NCc1ccc(CS(C)(=O)=O)cc1)NC(C)c1cccc(N2CCCC2)c1.I. The third kappa shape index (κ3) is 8.27. The van der Waals surface area contributed by atoms with E-state index in [0.29, 0.717) is 6.54 Å². The Morgan fingerprint density at radius 2 is 1.75 bits per heavy atom. The minimum Gasteiger partial charge on any atom is -0.372 e. The van der Waals surface area contributed by atoms with E-state index in [1.54, 1.807) is 0 Å². The van der Waals surface area contributed by atoms with Gasteiger partial charge in [-0.1, -0.05) is 36.4 Å². The van der Waals surface area contributed by atoms with E-state index < -0.39 is 9.84 Å². The van der Waals surface area contributed by atoms with Gasteiger partial charge in [0, 0.05) is 31.6 Å². The number of sulfone groups is 1. The molecule has 1 aliphatic heterocycles. The van der Waals surface area contributed by atoms with Crippen LogP contribution in [-0.4, -0.2) is 40.3 Å². The fraction of sp³-hybridized carbons (Fsp3) is 0.458. The largest absolute Gasteiger partial charge is 0.372 e. The predicted molar refractivity (Wildman–Crippen MR) is 145 cm³/mol. The quantitative estimate of drug-likeness (QED) is 0.282. The molecule has 2 aromatic rings. The molecule has 1 atom stereocenters. The van der Waals surface area contributed by atoms with E-state index >= 15 is 0 Å². The van der Waals surface area contributed by atoms with Gasteiger partial charge in [0.15, 0.2) is 15.8 Å². The van der Waals surface area contributed by atoms with E-state index in [0.717, 1.165) is 36.7 Å². The van der Waals surface area contributed by atoms with Crippen molar-refractivity contribution in [3.8, 4) is 0 Å². The average molecular weight is 571 g/mol. The Morgan fingerprint density at radius 3 is 2.38 bits per heavy atom. The van der Waals surface area contributed by atoms with Gasteiger partial charge in [0.1, 0.15) is 0 Å². The van der Waals surface area contributed by atoms with Crippen LogP contribution in [0.1, 0.15) is 49.4 Å². The summed E-state index contributed by atoms with van der Waals surface area (Å²) in [6.45, 7) is 7.77. The van der Waals surface area contributed by atoms with Crippen molar-refractivity contribution in [1.29, 1.82) is 0 Å². The molecule has 1 heterocycles. The Morgan fingerprint density at radius 1 is 1.09 bits per heavy atom. The summed E-state index contributed by atoms with van der Waals surface area (Å²) in [5.74, 6) is 0.830. The average Bonchev–Trinajstić information content (AvgIpc) is 3.27. The van der Waals surface area contributed by atoms with Gasteiger partial charge in [-0.15, -0.1) is 24.0 Å². The van der Waals surface area contributed by atoms with E-state index in [9.17, 15) is 8.42 Å². The number of aliphatic imine (C=N–C) groups is 1. The molecule has 176 valence electrons. The van der Waals surface area contributed by atoms with E-state index in [-0.39, 0.29) is 35.8 Å². The predicted octanol–water partition coefficient (Wildman–Crippen LogP) is 4.27. The number of anilines is 1. The standard InChI is InChI=1S/C24H34N4O2S.HI/c1-4-25-24(26-17-20-10-12-21(13-11-20)18-31(3,29)30)27-19(2)22-8-7-9-23(16-22)28-14-5-6-15-28;/h7-13,16,19H,4-6,14-15,17-18H2,1-3H3,(H2,25,26,27);1H. The Balaban J connectivity index is 0.00000363. The van der Waals surface area contributed by atoms with Gasteiger partial charge >= 0.3 is 0 Å². The van der Waals surface area contributed by atoms with Crippen LogP contribution in [0.2, 0.25) is 0 Å². The lowest BCUT2D eigenvalue weighted by atomic mass is 10.1. The summed E-state index contributed by atoms with van der Waals surface area (Å²) in [7, 11) is -3.02. The van der Waals surface area contributed by atoms with E-state index in [4.69, 9.17) is 4.99 Å². The molecule has 3 rings (SSSR count). The maximum atomic E-state index is 11.4. The van der Waals surface area contributed by atoms with Gasteiger partial charge in [-0.3, -0.25) is 0 Å². The molecule has 1 saturated heterocycles. The van der Waals surface area contributed by atoms with E-state index in [1.165, 1.54) is 30.3 Å². The Hall–Kier alpha value is -1.81. The van der Waals surface area contributed by atoms with Crippen LogP contribution in [0.4, 0.5) is 5.69 Å². The number of nitrogens with zero attached hydrogens (tertiary/aromatic N) is 2. The topological polar surface area (TPSA) is 73.8 Å². The van der Waals surface area contributed by atoms with Gasteiger partial charge in [0.2, 0.25) is 0 Å². The van der Waals surface area contributed by atoms with Gasteiger partial charge in [-0.2, -0.15) is 0 Å². The summed E-state index contributed by atoms with van der Waals surface area (Å²) in [5.41, 5.74) is 4.37. The zero-order chi connectivity index (χ0) is 22.3. The molecule has 6 nitrogen and oxygen atoms in total. The minimum absolute atomic E-state index is 0. The van der Waals surface area contributed by atoms with Gasteiger partial charge in [-0.05, 0) is 55.5 Å². The van der Waals surface area contributed by atoms with Crippen LogP contribution in [0.25, 0.3) is 0 Å². The summed E-state index contributed by atoms with van der Waals surface area (Å²) < 4.78 is 22.9. The number of halogens is 1. The molecular formula is C24H35IN4O2S. The maximum Gasteiger partial charge on any atom is 0.192 e. The molecule has 0 spiro atoms. The fourth-order valence-electron chi connectivity index (χ4n) is 3.79. The van der Waals surface area contributed by atoms with E-state index in [2.05, 4.69) is 53.6 Å². The number of rotatable bonds is 8. The molecule has 8 heteroatoms. The Bertz CT molecular complexity index is 987. The van der Waals surface area contributed by atoms with Crippen LogP contribution in [-0.2, 0) is 22.1 Å². The summed E-state index contributed by atoms with van der Waals surface area (Å²) in [6.07, 6.45) is 3.79. The second-order valence-corrected chi connectivity index (χ2v) is 10.4. The van der Waals surface area contributed by atoms with Crippen LogP contribution in [0, 0.1) is 0 Å². The van der Waals surface area contributed by atoms with Crippen LogP contribution < -0.4 is 15.5 Å². The molecule has 1 fully saturated rings. The van der Waals surface area contributed by atoms with E-state index in [1.807, 2.05) is 24.3 Å². The van der Waals surface area contributed by atoms with Gasteiger partial charge in [0.25, 0.3) is 0 Å². The highest BCUT2D eigenvalue weighted by Gasteiger charge is 2.14. The fourth-order valence-corrected chi connectivity index (χ4v) is 4.59. The molecule has 1 unspecified atom stereocenters. The lowest BCUT2D eigenvalue weighted by molar-refractivity contribution is 0.601. The van der Waals surface area contributed by atoms with Crippen molar-refractivity contribution in [3.63, 3.8) is 0 Å². The van der Waals surface area contributed by atoms with Gasteiger partial charge in [0.05, 0.1) is 18.3 Å². The van der Waals surface area contributed by atoms with Crippen LogP contribution in [0.15, 0.2) is 53.5 Å². The summed E-state index contributed by atoms with van der Waals surface area (Å²) >= 11 is 0. The number of hydrogen-bond donors (Lipinski definition) is 2. The van der Waals surface area contributed by atoms with Crippen molar-refractivity contribution in [2.45, 2.75) is 45.0 Å². The summed E-state index contributed by atoms with van der Waals surface area (Å²) in [5, 5.41) is 6.82. The van der Waals surface area contributed by atoms with Crippen molar-refractivity contribution in [2.75, 3.05) is 30.8 Å². The third-order valence-electron chi connectivity index (χ3n) is 5.41. The number of benzene rings is 2. The molecule has 0 amide bonds. The third-order valence-corrected chi connectivity index (χ3v) is 6.27. The molecule has 0 aliphatic carbocycles. The van der Waals surface area contributed by atoms with Crippen LogP contribution in [0.5, 0.6) is 0 Å². The Kier molecular flexibility index (Phi) is 10.3. The first kappa shape index (κ1) is 26.4. The van der Waals surface area contributed by atoms with Crippen molar-refractivity contribution in [2.24, 2.45) is 4.99 Å². The van der Waals surface area contributed by atoms with Crippen molar-refractivity contribution in [1.82, 2.24) is 10.6 Å². The monoisotopic (exact) mass is 570 g/mol. The molecule has 2 N–H and O–H groups in total. The maximum absolute atomic E-state index is 11.4. The summed E-state index contributed by atoms with van der Waals surface area (Å²) in [6, 6.07) is 16.5. The number of hydrogen-bond acceptors (Lipinski definition) is 4. The van der Waals surface area contributed by atoms with Crippen LogP contribution in [0.3, 0.4) is 0 Å². The molecule has 0 aromatic heterocycles. The smallest absolute Gasteiger partial charge is 0.192 e. The number of nitrogens with one attached hydrogen (secondary N) is 2. The highest BCUT2D eigenvalue weighted by atomic mass is 127. The molecule has 2 aromatic carbocycles. The molecule has 32 heavy (non-hydrogen) atoms. The lowest BCUT2D eigenvalue weighted by Crippen LogP contribution is -2.38. The molecule has 0 saturated carbocycles. The minimum atomic E-state index is -3.02. The van der Waals surface area contributed by atoms with Crippen molar-refractivity contribution in [3.05, 3.63) is 65.2 Å². The number of guanidine groups is 1. The Labute approximate surface area is 209 Å². The molecule has 0 radical (unpaired) electrons. The normalized spacial score (nSPS) is 15.2. The van der Waals surface area contributed by atoms with Crippen LogP contribution >= 0.6 is 24.0 Å². The first-order chi connectivity index (χ1) is 14.8. The molecule has 0 bridgehead atoms. The highest BCUT2D eigenvalue weighted by Crippen LogP contribution is 2.24. The van der Waals surface area contributed by atoms with Gasteiger partial charge in [-0.25, -0.2) is 13.4 Å². The molecular weight excluding hydrogens is 535 g/mol. The van der Waals surface area contributed by atoms with Gasteiger partial charge < -0.3 is 15.5 Å². The van der Waals surface area contributed by atoms with Crippen molar-refractivity contribution < 1.29 is 8.42 Å². The zero-order valence-electron chi connectivity index (χ0n) is 19.2. The van der Waals surface area contributed by atoms with Crippen molar-refractivity contribution >= 4 is 45.5 Å². The molecule has 1 aliphatic rings. The lowest BCUT2D eigenvalue weighted by Gasteiger charge is -2.22. The highest BCUT2D eigenvalue weighted by molar-refractivity contribution is 14.0. The summed E-state index contributed by atoms with van der Waals surface area (Å²) in [4.78, 5) is 7.17. The zero-order valence-corrected chi connectivity index (χ0v) is 22.3. The first-order valence-electron chi connectivity index (χ1n) is 11.0. The first-order valence-corrected chi connectivity index (χ1v) is 13.1. The second kappa shape index (κ2) is 12.4.